The number of benzene rings is 2. The van der Waals surface area contributed by atoms with Crippen molar-refractivity contribution in [3.63, 3.8) is 0 Å². The van der Waals surface area contributed by atoms with Gasteiger partial charge in [0.25, 0.3) is 0 Å². The average Bonchev–Trinajstić information content (AvgIpc) is 3.08. The Labute approximate surface area is 174 Å². The Morgan fingerprint density at radius 3 is 2.55 bits per heavy atom. The van der Waals surface area contributed by atoms with E-state index in [1.807, 2.05) is 31.2 Å². The molecule has 1 heterocycles. The van der Waals surface area contributed by atoms with Crippen molar-refractivity contribution >= 4 is 23.4 Å². The first kappa shape index (κ1) is 21.0. The van der Waals surface area contributed by atoms with Gasteiger partial charge in [-0.15, -0.1) is 10.2 Å². The molecular weight excluding hydrogens is 387 g/mol. The molecule has 3 rings (SSSR count). The Morgan fingerprint density at radius 2 is 1.83 bits per heavy atom. The zero-order valence-corrected chi connectivity index (χ0v) is 17.8. The van der Waals surface area contributed by atoms with E-state index in [4.69, 9.17) is 0 Å². The van der Waals surface area contributed by atoms with Crippen molar-refractivity contribution in [1.29, 1.82) is 0 Å². The van der Waals surface area contributed by atoms with Crippen molar-refractivity contribution in [3.05, 3.63) is 59.9 Å². The molecule has 152 valence electrons. The van der Waals surface area contributed by atoms with Crippen molar-refractivity contribution < 1.29 is 9.18 Å². The number of amides is 1. The molecule has 2 aromatic carbocycles. The van der Waals surface area contributed by atoms with Crippen LogP contribution in [0, 0.1) is 5.82 Å². The molecule has 0 aliphatic rings. The summed E-state index contributed by atoms with van der Waals surface area (Å²) in [4.78, 5) is 12.8. The lowest BCUT2D eigenvalue weighted by Gasteiger charge is -2.17. The average molecular weight is 413 g/mol. The van der Waals surface area contributed by atoms with Crippen LogP contribution in [0.2, 0.25) is 0 Å². The molecule has 1 aromatic heterocycles. The highest BCUT2D eigenvalue weighted by Gasteiger charge is 2.21. The molecule has 5 nitrogen and oxygen atoms in total. The molecular formula is C22H25FN4OS. The van der Waals surface area contributed by atoms with E-state index < -0.39 is 5.25 Å². The summed E-state index contributed by atoms with van der Waals surface area (Å²) < 4.78 is 15.8. The second-order valence-electron chi connectivity index (χ2n) is 6.99. The number of nitrogens with zero attached hydrogens (tertiary/aromatic N) is 3. The van der Waals surface area contributed by atoms with Crippen molar-refractivity contribution in [2.24, 2.45) is 7.05 Å². The minimum absolute atomic E-state index is 0.110. The van der Waals surface area contributed by atoms with Gasteiger partial charge in [0.15, 0.2) is 11.0 Å². The van der Waals surface area contributed by atoms with Crippen LogP contribution in [-0.4, -0.2) is 25.9 Å². The van der Waals surface area contributed by atoms with Gasteiger partial charge in [-0.3, -0.25) is 4.79 Å². The molecule has 29 heavy (non-hydrogen) atoms. The quantitative estimate of drug-likeness (QED) is 0.538. The fourth-order valence-electron chi connectivity index (χ4n) is 3.00. The van der Waals surface area contributed by atoms with Crippen LogP contribution in [0.1, 0.15) is 38.7 Å². The third-order valence-electron chi connectivity index (χ3n) is 4.96. The first-order valence-electron chi connectivity index (χ1n) is 9.63. The highest BCUT2D eigenvalue weighted by atomic mass is 32.2. The van der Waals surface area contributed by atoms with Gasteiger partial charge in [0.05, 0.1) is 10.8 Å². The van der Waals surface area contributed by atoms with Gasteiger partial charge in [-0.05, 0) is 43.0 Å². The molecule has 1 amide bonds. The van der Waals surface area contributed by atoms with Crippen LogP contribution in [0.15, 0.2) is 53.7 Å². The predicted molar refractivity (Wildman–Crippen MR) is 115 cm³/mol. The minimum Gasteiger partial charge on any atom is -0.325 e. The zero-order valence-electron chi connectivity index (χ0n) is 17.0. The summed E-state index contributed by atoms with van der Waals surface area (Å²) in [5.74, 6) is 0.324. The van der Waals surface area contributed by atoms with Crippen LogP contribution in [0.3, 0.4) is 0 Å². The first-order valence-corrected chi connectivity index (χ1v) is 10.5. The number of hydrogen-bond acceptors (Lipinski definition) is 4. The third-order valence-corrected chi connectivity index (χ3v) is 6.10. The molecule has 0 bridgehead atoms. The summed E-state index contributed by atoms with van der Waals surface area (Å²) in [6.07, 6.45) is 0.995. The molecule has 7 heteroatoms. The van der Waals surface area contributed by atoms with E-state index in [0.29, 0.717) is 22.5 Å². The van der Waals surface area contributed by atoms with Crippen LogP contribution in [-0.2, 0) is 11.8 Å². The normalized spacial score (nSPS) is 13.1. The molecule has 0 saturated carbocycles. The van der Waals surface area contributed by atoms with Crippen LogP contribution in [0.5, 0.6) is 0 Å². The zero-order chi connectivity index (χ0) is 21.0. The highest BCUT2D eigenvalue weighted by Crippen LogP contribution is 2.29. The second kappa shape index (κ2) is 9.22. The molecule has 0 aliphatic carbocycles. The van der Waals surface area contributed by atoms with E-state index in [9.17, 15) is 9.18 Å². The predicted octanol–water partition coefficient (Wildman–Crippen LogP) is 5.25. The van der Waals surface area contributed by atoms with E-state index in [0.717, 1.165) is 17.7 Å². The summed E-state index contributed by atoms with van der Waals surface area (Å²) >= 11 is 1.29. The smallest absolute Gasteiger partial charge is 0.237 e. The summed E-state index contributed by atoms with van der Waals surface area (Å²) in [5.41, 5.74) is 2.35. The fraction of sp³-hybridized carbons (Fsp3) is 0.318. The molecule has 2 atom stereocenters. The Balaban J connectivity index is 1.74. The third kappa shape index (κ3) is 4.67. The van der Waals surface area contributed by atoms with Gasteiger partial charge < -0.3 is 9.88 Å². The summed E-state index contributed by atoms with van der Waals surface area (Å²) in [6.45, 7) is 6.10. The standard InChI is InChI=1S/C22H25FN4OS/c1-5-14(2)16-10-7-9-13-19(16)24-21(28)15(3)29-22-26-25-20(27(22)4)17-11-6-8-12-18(17)23/h6-15H,5H2,1-4H3,(H,24,28)/t14-,15+/m0/s1. The molecule has 0 saturated heterocycles. The summed E-state index contributed by atoms with van der Waals surface area (Å²) in [6, 6.07) is 14.3. The second-order valence-corrected chi connectivity index (χ2v) is 8.30. The number of para-hydroxylation sites is 1. The topological polar surface area (TPSA) is 59.8 Å². The largest absolute Gasteiger partial charge is 0.325 e. The van der Waals surface area contributed by atoms with Gasteiger partial charge in [-0.25, -0.2) is 4.39 Å². The molecule has 0 spiro atoms. The maximum absolute atomic E-state index is 14.1. The van der Waals surface area contributed by atoms with Crippen molar-refractivity contribution in [3.8, 4) is 11.4 Å². The van der Waals surface area contributed by atoms with Crippen molar-refractivity contribution in [2.75, 3.05) is 5.32 Å². The number of thioether (sulfide) groups is 1. The highest BCUT2D eigenvalue weighted by molar-refractivity contribution is 8.00. The number of aromatic nitrogens is 3. The van der Waals surface area contributed by atoms with Gasteiger partial charge in [0, 0.05) is 12.7 Å². The maximum Gasteiger partial charge on any atom is 0.237 e. The van der Waals surface area contributed by atoms with Gasteiger partial charge in [-0.1, -0.05) is 55.9 Å². The van der Waals surface area contributed by atoms with Crippen molar-refractivity contribution in [1.82, 2.24) is 14.8 Å². The van der Waals surface area contributed by atoms with Crippen LogP contribution in [0.4, 0.5) is 10.1 Å². The number of carbonyl (C=O) groups excluding carboxylic acids is 1. The van der Waals surface area contributed by atoms with Gasteiger partial charge in [0.2, 0.25) is 5.91 Å². The van der Waals surface area contributed by atoms with Crippen LogP contribution in [0.25, 0.3) is 11.4 Å². The molecule has 3 aromatic rings. The van der Waals surface area contributed by atoms with Gasteiger partial charge in [0.1, 0.15) is 5.82 Å². The Kier molecular flexibility index (Phi) is 6.69. The van der Waals surface area contributed by atoms with E-state index in [2.05, 4.69) is 29.4 Å². The lowest BCUT2D eigenvalue weighted by atomic mass is 9.97. The molecule has 0 radical (unpaired) electrons. The molecule has 0 unspecified atom stereocenters. The fourth-order valence-corrected chi connectivity index (χ4v) is 3.82. The maximum atomic E-state index is 14.1. The SMILES string of the molecule is CC[C@H](C)c1ccccc1NC(=O)[C@@H](C)Sc1nnc(-c2ccccc2F)n1C. The van der Waals surface area contributed by atoms with Gasteiger partial charge >= 0.3 is 0 Å². The van der Waals surface area contributed by atoms with E-state index in [1.165, 1.54) is 17.8 Å². The Bertz CT molecular complexity index is 1000. The summed E-state index contributed by atoms with van der Waals surface area (Å²) in [5, 5.41) is 11.5. The first-order chi connectivity index (χ1) is 13.9. The number of nitrogens with one attached hydrogen (secondary N) is 1. The lowest BCUT2D eigenvalue weighted by Crippen LogP contribution is -2.23. The van der Waals surface area contributed by atoms with E-state index in [1.54, 1.807) is 29.8 Å². The number of carbonyl (C=O) groups is 1. The Hall–Kier alpha value is -2.67. The number of rotatable bonds is 7. The van der Waals surface area contributed by atoms with E-state index in [-0.39, 0.29) is 11.7 Å². The number of halogens is 1. The molecule has 0 aliphatic heterocycles. The number of hydrogen-bond donors (Lipinski definition) is 1. The van der Waals surface area contributed by atoms with Crippen LogP contribution >= 0.6 is 11.8 Å². The monoisotopic (exact) mass is 412 g/mol. The Morgan fingerprint density at radius 1 is 1.14 bits per heavy atom. The van der Waals surface area contributed by atoms with Gasteiger partial charge in [-0.2, -0.15) is 0 Å². The number of anilines is 1. The molecule has 1 N–H and O–H groups in total. The molecule has 0 fully saturated rings. The van der Waals surface area contributed by atoms with Crippen molar-refractivity contribution in [2.45, 2.75) is 43.5 Å². The summed E-state index contributed by atoms with van der Waals surface area (Å²) in [7, 11) is 1.77. The van der Waals surface area contributed by atoms with E-state index >= 15 is 0 Å². The lowest BCUT2D eigenvalue weighted by molar-refractivity contribution is -0.115. The van der Waals surface area contributed by atoms with Crippen LogP contribution < -0.4 is 5.32 Å². The minimum atomic E-state index is -0.392.